The molecule has 0 fully saturated rings. The summed E-state index contributed by atoms with van der Waals surface area (Å²) in [5.41, 5.74) is 0.887. The third kappa shape index (κ3) is 2.91. The summed E-state index contributed by atoms with van der Waals surface area (Å²) in [5, 5.41) is 5.32. The van der Waals surface area contributed by atoms with Gasteiger partial charge in [0.2, 0.25) is 6.61 Å². The summed E-state index contributed by atoms with van der Waals surface area (Å²) >= 11 is 3.51. The fourth-order valence-corrected chi connectivity index (χ4v) is 4.71. The summed E-state index contributed by atoms with van der Waals surface area (Å²) in [4.78, 5) is 18.5. The molecule has 1 aliphatic rings. The minimum absolute atomic E-state index is 0.165. The molecule has 0 atom stereocenters. The van der Waals surface area contributed by atoms with E-state index in [2.05, 4.69) is 22.0 Å². The first-order chi connectivity index (χ1) is 10.7. The molecule has 0 radical (unpaired) electrons. The van der Waals surface area contributed by atoms with Gasteiger partial charge in [-0.2, -0.15) is 0 Å². The average molecular weight is 337 g/mol. The molecule has 2 heterocycles. The van der Waals surface area contributed by atoms with Gasteiger partial charge in [-0.15, -0.1) is 23.1 Å². The molecule has 0 saturated carbocycles. The van der Waals surface area contributed by atoms with Gasteiger partial charge in [0.15, 0.2) is 0 Å². The second kappa shape index (κ2) is 6.58. The zero-order valence-electron chi connectivity index (χ0n) is 12.3. The number of nitrogens with zero attached hydrogens (tertiary/aromatic N) is 1. The van der Waals surface area contributed by atoms with E-state index in [4.69, 9.17) is 9.57 Å². The van der Waals surface area contributed by atoms with Crippen molar-refractivity contribution in [3.05, 3.63) is 23.1 Å². The number of thiophene rings is 1. The van der Waals surface area contributed by atoms with Crippen LogP contribution in [0.2, 0.25) is 0 Å². The SMILES string of the molecule is COC(=O)CON=C1CCSc2c1sc1ccc(OC)cc21. The summed E-state index contributed by atoms with van der Waals surface area (Å²) in [6.45, 7) is -0.165. The molecule has 0 bridgehead atoms. The quantitative estimate of drug-likeness (QED) is 0.633. The smallest absolute Gasteiger partial charge is 0.346 e. The molecule has 5 nitrogen and oxygen atoms in total. The van der Waals surface area contributed by atoms with Gasteiger partial charge in [0, 0.05) is 27.2 Å². The lowest BCUT2D eigenvalue weighted by Crippen LogP contribution is -2.11. The number of hydrogen-bond donors (Lipinski definition) is 0. The van der Waals surface area contributed by atoms with Crippen molar-refractivity contribution in [2.75, 3.05) is 26.6 Å². The van der Waals surface area contributed by atoms with Gasteiger partial charge in [-0.05, 0) is 18.2 Å². The molecule has 0 unspecified atom stereocenters. The minimum atomic E-state index is -0.434. The molecule has 0 saturated heterocycles. The maximum Gasteiger partial charge on any atom is 0.346 e. The molecule has 116 valence electrons. The van der Waals surface area contributed by atoms with Crippen LogP contribution >= 0.6 is 23.1 Å². The topological polar surface area (TPSA) is 57.1 Å². The minimum Gasteiger partial charge on any atom is -0.497 e. The van der Waals surface area contributed by atoms with E-state index in [9.17, 15) is 4.79 Å². The zero-order valence-corrected chi connectivity index (χ0v) is 13.9. The molecular weight excluding hydrogens is 322 g/mol. The number of benzene rings is 1. The molecule has 0 spiro atoms. The number of oxime groups is 1. The van der Waals surface area contributed by atoms with Crippen molar-refractivity contribution in [3.8, 4) is 5.75 Å². The molecule has 0 aliphatic carbocycles. The Morgan fingerprint density at radius 3 is 3.00 bits per heavy atom. The van der Waals surface area contributed by atoms with Crippen molar-refractivity contribution >= 4 is 44.9 Å². The Morgan fingerprint density at radius 2 is 2.23 bits per heavy atom. The molecule has 2 aromatic rings. The fraction of sp³-hybridized carbons (Fsp3) is 0.333. The number of ether oxygens (including phenoxy) is 2. The maximum atomic E-state index is 11.1. The lowest BCUT2D eigenvalue weighted by Gasteiger charge is -2.13. The highest BCUT2D eigenvalue weighted by atomic mass is 32.2. The Kier molecular flexibility index (Phi) is 4.54. The Labute approximate surface area is 136 Å². The summed E-state index contributed by atoms with van der Waals surface area (Å²) in [6.07, 6.45) is 0.822. The van der Waals surface area contributed by atoms with Crippen molar-refractivity contribution in [2.24, 2.45) is 5.16 Å². The molecule has 7 heteroatoms. The highest BCUT2D eigenvalue weighted by molar-refractivity contribution is 7.99. The van der Waals surface area contributed by atoms with Crippen molar-refractivity contribution in [1.82, 2.24) is 0 Å². The normalized spacial score (nSPS) is 15.6. The predicted molar refractivity (Wildman–Crippen MR) is 88.2 cm³/mol. The first-order valence-corrected chi connectivity index (χ1v) is 8.52. The van der Waals surface area contributed by atoms with E-state index >= 15 is 0 Å². The molecular formula is C15H15NO4S2. The first kappa shape index (κ1) is 15.2. The maximum absolute atomic E-state index is 11.1. The summed E-state index contributed by atoms with van der Waals surface area (Å²) in [7, 11) is 2.99. The largest absolute Gasteiger partial charge is 0.497 e. The second-order valence-corrected chi connectivity index (χ2v) is 6.77. The standard InChI is InChI=1S/C15H15NO4S2/c1-18-9-3-4-12-10(7-9)14-15(22-12)11(5-6-21-14)16-20-8-13(17)19-2/h3-4,7H,5-6,8H2,1-2H3. The Morgan fingerprint density at radius 1 is 1.36 bits per heavy atom. The highest BCUT2D eigenvalue weighted by Crippen LogP contribution is 2.43. The van der Waals surface area contributed by atoms with Crippen LogP contribution in [0.4, 0.5) is 0 Å². The molecule has 1 aliphatic heterocycles. The summed E-state index contributed by atoms with van der Waals surface area (Å²) in [6, 6.07) is 6.07. The number of carbonyl (C=O) groups is 1. The van der Waals surface area contributed by atoms with E-state index in [1.807, 2.05) is 17.8 Å². The highest BCUT2D eigenvalue weighted by Gasteiger charge is 2.22. The van der Waals surface area contributed by atoms with Crippen molar-refractivity contribution in [1.29, 1.82) is 0 Å². The van der Waals surface area contributed by atoms with E-state index in [0.29, 0.717) is 0 Å². The fourth-order valence-electron chi connectivity index (χ4n) is 2.19. The number of methoxy groups -OCH3 is 2. The van der Waals surface area contributed by atoms with Crippen LogP contribution in [0.1, 0.15) is 11.3 Å². The van der Waals surface area contributed by atoms with Gasteiger partial charge in [0.1, 0.15) is 5.75 Å². The lowest BCUT2D eigenvalue weighted by molar-refractivity contribution is -0.145. The third-order valence-corrected chi connectivity index (χ3v) is 5.75. The number of fused-ring (bicyclic) bond motifs is 3. The first-order valence-electron chi connectivity index (χ1n) is 6.72. The molecule has 0 amide bonds. The van der Waals surface area contributed by atoms with Gasteiger partial charge >= 0.3 is 5.97 Å². The summed E-state index contributed by atoms with van der Waals surface area (Å²) < 4.78 is 11.0. The predicted octanol–water partition coefficient (Wildman–Crippen LogP) is 3.30. The van der Waals surface area contributed by atoms with E-state index < -0.39 is 5.97 Å². The van der Waals surface area contributed by atoms with Crippen LogP contribution in [0.3, 0.4) is 0 Å². The van der Waals surface area contributed by atoms with Gasteiger partial charge in [-0.3, -0.25) is 0 Å². The number of esters is 1. The van der Waals surface area contributed by atoms with Gasteiger partial charge < -0.3 is 14.3 Å². The number of rotatable bonds is 4. The number of hydrogen-bond acceptors (Lipinski definition) is 7. The van der Waals surface area contributed by atoms with E-state index in [0.717, 1.165) is 28.5 Å². The van der Waals surface area contributed by atoms with Crippen LogP contribution in [0.5, 0.6) is 5.75 Å². The monoisotopic (exact) mass is 337 g/mol. The van der Waals surface area contributed by atoms with Crippen LogP contribution in [0, 0.1) is 0 Å². The summed E-state index contributed by atoms with van der Waals surface area (Å²) in [5.74, 6) is 1.35. The van der Waals surface area contributed by atoms with Gasteiger partial charge in [-0.25, -0.2) is 4.79 Å². The van der Waals surface area contributed by atoms with Crippen LogP contribution in [-0.2, 0) is 14.4 Å². The van der Waals surface area contributed by atoms with Crippen LogP contribution in [0.25, 0.3) is 10.1 Å². The Hall–Kier alpha value is -1.73. The van der Waals surface area contributed by atoms with Crippen LogP contribution in [0.15, 0.2) is 28.3 Å². The van der Waals surface area contributed by atoms with Gasteiger partial charge in [-0.1, -0.05) is 5.16 Å². The molecule has 1 aromatic carbocycles. The van der Waals surface area contributed by atoms with E-state index in [1.165, 1.54) is 22.1 Å². The van der Waals surface area contributed by atoms with Gasteiger partial charge in [0.25, 0.3) is 0 Å². The molecule has 0 N–H and O–H groups in total. The lowest BCUT2D eigenvalue weighted by atomic mass is 10.2. The average Bonchev–Trinajstić information content (AvgIpc) is 2.93. The van der Waals surface area contributed by atoms with E-state index in [-0.39, 0.29) is 6.61 Å². The molecule has 22 heavy (non-hydrogen) atoms. The second-order valence-electron chi connectivity index (χ2n) is 4.61. The number of thioether (sulfide) groups is 1. The van der Waals surface area contributed by atoms with E-state index in [1.54, 1.807) is 18.4 Å². The van der Waals surface area contributed by atoms with Crippen LogP contribution < -0.4 is 4.74 Å². The zero-order chi connectivity index (χ0) is 15.5. The number of carbonyl (C=O) groups excluding carboxylic acids is 1. The molecule has 1 aromatic heterocycles. The van der Waals surface area contributed by atoms with Crippen molar-refractivity contribution < 1.29 is 19.1 Å². The van der Waals surface area contributed by atoms with Crippen LogP contribution in [-0.4, -0.2) is 38.3 Å². The van der Waals surface area contributed by atoms with Crippen molar-refractivity contribution in [2.45, 2.75) is 11.3 Å². The Bertz CT molecular complexity index is 738. The Balaban J connectivity index is 1.93. The molecule has 3 rings (SSSR count). The third-order valence-electron chi connectivity index (χ3n) is 3.28. The van der Waals surface area contributed by atoms with Crippen molar-refractivity contribution in [3.63, 3.8) is 0 Å². The van der Waals surface area contributed by atoms with Gasteiger partial charge in [0.05, 0.1) is 24.8 Å².